The molecule has 0 unspecified atom stereocenters. The second kappa shape index (κ2) is 4.96. The maximum atomic E-state index is 12.4. The topological polar surface area (TPSA) is 63.2 Å². The van der Waals surface area contributed by atoms with Gasteiger partial charge in [-0.25, -0.2) is 18.4 Å². The lowest BCUT2D eigenvalue weighted by Gasteiger charge is -2.36. The van der Waals surface area contributed by atoms with E-state index in [-0.39, 0.29) is 14.9 Å². The van der Waals surface area contributed by atoms with Crippen LogP contribution in [0.15, 0.2) is 17.3 Å². The van der Waals surface area contributed by atoms with Gasteiger partial charge < -0.3 is 0 Å². The van der Waals surface area contributed by atoms with Crippen LogP contribution in [0.5, 0.6) is 0 Å². The second-order valence-electron chi connectivity index (χ2n) is 4.63. The molecule has 0 amide bonds. The van der Waals surface area contributed by atoms with Crippen molar-refractivity contribution in [3.05, 3.63) is 17.7 Å². The first-order valence-electron chi connectivity index (χ1n) is 5.43. The number of sulfonamides is 1. The van der Waals surface area contributed by atoms with Crippen molar-refractivity contribution < 1.29 is 8.42 Å². The molecule has 0 saturated carbocycles. The molecule has 0 atom stereocenters. The van der Waals surface area contributed by atoms with E-state index in [4.69, 9.17) is 11.6 Å². The van der Waals surface area contributed by atoms with E-state index in [1.807, 2.05) is 13.8 Å². The average molecular weight is 308 g/mol. The lowest BCUT2D eigenvalue weighted by Crippen LogP contribution is -2.46. The smallest absolute Gasteiger partial charge is 0.225 e. The van der Waals surface area contributed by atoms with Crippen LogP contribution in [0.2, 0.25) is 5.28 Å². The van der Waals surface area contributed by atoms with E-state index in [1.54, 1.807) is 11.8 Å². The molecular formula is C10H14ClN3O2S2. The number of hydrogen-bond acceptors (Lipinski definition) is 5. The Morgan fingerprint density at radius 2 is 2.00 bits per heavy atom. The van der Waals surface area contributed by atoms with Crippen molar-refractivity contribution in [2.75, 3.05) is 18.8 Å². The minimum Gasteiger partial charge on any atom is -0.225 e. The largest absolute Gasteiger partial charge is 0.246 e. The van der Waals surface area contributed by atoms with E-state index in [1.165, 1.54) is 16.7 Å². The maximum absolute atomic E-state index is 12.4. The van der Waals surface area contributed by atoms with Gasteiger partial charge in [0.25, 0.3) is 0 Å². The van der Waals surface area contributed by atoms with Gasteiger partial charge in [-0.15, -0.1) is 0 Å². The molecule has 1 saturated heterocycles. The molecule has 1 aromatic rings. The molecule has 100 valence electrons. The van der Waals surface area contributed by atoms with Crippen LogP contribution in [0.1, 0.15) is 13.8 Å². The zero-order valence-electron chi connectivity index (χ0n) is 10.1. The van der Waals surface area contributed by atoms with Crippen molar-refractivity contribution >= 4 is 33.4 Å². The third kappa shape index (κ3) is 2.96. The molecule has 0 radical (unpaired) electrons. The van der Waals surface area contributed by atoms with Gasteiger partial charge in [-0.2, -0.15) is 16.1 Å². The molecule has 8 heteroatoms. The highest BCUT2D eigenvalue weighted by Crippen LogP contribution is 2.32. The zero-order chi connectivity index (χ0) is 13.4. The summed E-state index contributed by atoms with van der Waals surface area (Å²) in [6, 6.07) is 0. The molecule has 0 spiro atoms. The fourth-order valence-corrected chi connectivity index (χ4v) is 4.66. The standard InChI is InChI=1S/C10H14ClN3O2S2/c1-10(2)7-14(3-4-17-10)18(15,16)8-5-12-9(11)13-6-8/h5-6H,3-4,7H2,1-2H3. The summed E-state index contributed by atoms with van der Waals surface area (Å²) in [5, 5.41) is 0.0449. The summed E-state index contributed by atoms with van der Waals surface area (Å²) < 4.78 is 26.2. The first-order chi connectivity index (χ1) is 8.31. The van der Waals surface area contributed by atoms with Crippen LogP contribution in [-0.4, -0.2) is 46.3 Å². The van der Waals surface area contributed by atoms with Crippen molar-refractivity contribution in [3.8, 4) is 0 Å². The molecule has 18 heavy (non-hydrogen) atoms. The van der Waals surface area contributed by atoms with Crippen molar-refractivity contribution in [2.24, 2.45) is 0 Å². The van der Waals surface area contributed by atoms with E-state index in [9.17, 15) is 8.42 Å². The quantitative estimate of drug-likeness (QED) is 0.777. The van der Waals surface area contributed by atoms with E-state index < -0.39 is 10.0 Å². The summed E-state index contributed by atoms with van der Waals surface area (Å²) in [6.45, 7) is 5.08. The monoisotopic (exact) mass is 307 g/mol. The first-order valence-corrected chi connectivity index (χ1v) is 8.23. The van der Waals surface area contributed by atoms with E-state index in [0.29, 0.717) is 13.1 Å². The molecule has 2 rings (SSSR count). The molecule has 0 aromatic carbocycles. The molecule has 5 nitrogen and oxygen atoms in total. The van der Waals surface area contributed by atoms with Crippen molar-refractivity contribution in [2.45, 2.75) is 23.5 Å². The Kier molecular flexibility index (Phi) is 3.87. The Morgan fingerprint density at radius 1 is 1.39 bits per heavy atom. The van der Waals surface area contributed by atoms with Crippen molar-refractivity contribution in [1.29, 1.82) is 0 Å². The normalized spacial score (nSPS) is 20.8. The lowest BCUT2D eigenvalue weighted by molar-refractivity contribution is 0.387. The van der Waals surface area contributed by atoms with Crippen LogP contribution in [0.3, 0.4) is 0 Å². The third-order valence-electron chi connectivity index (χ3n) is 2.63. The van der Waals surface area contributed by atoms with Gasteiger partial charge in [0.15, 0.2) is 0 Å². The second-order valence-corrected chi connectivity index (χ2v) is 8.71. The summed E-state index contributed by atoms with van der Waals surface area (Å²) in [4.78, 5) is 7.53. The van der Waals surface area contributed by atoms with Crippen LogP contribution < -0.4 is 0 Å². The van der Waals surface area contributed by atoms with E-state index in [2.05, 4.69) is 9.97 Å². The van der Waals surface area contributed by atoms with Crippen LogP contribution in [0, 0.1) is 0 Å². The van der Waals surface area contributed by atoms with Gasteiger partial charge in [-0.05, 0) is 25.4 Å². The summed E-state index contributed by atoms with van der Waals surface area (Å²) in [5.74, 6) is 0.792. The SMILES string of the molecule is CC1(C)CN(S(=O)(=O)c2cnc(Cl)nc2)CCS1. The fraction of sp³-hybridized carbons (Fsp3) is 0.600. The van der Waals surface area contributed by atoms with Gasteiger partial charge >= 0.3 is 0 Å². The Balaban J connectivity index is 2.28. The van der Waals surface area contributed by atoms with Gasteiger partial charge in [-0.1, -0.05) is 0 Å². The van der Waals surface area contributed by atoms with Gasteiger partial charge in [0.05, 0.1) is 12.4 Å². The van der Waals surface area contributed by atoms with Gasteiger partial charge in [0, 0.05) is 23.6 Å². The number of aromatic nitrogens is 2. The molecule has 1 aliphatic rings. The minimum absolute atomic E-state index is 0.0449. The van der Waals surface area contributed by atoms with Crippen LogP contribution in [-0.2, 0) is 10.0 Å². The molecule has 1 fully saturated rings. The Bertz CT molecular complexity index is 531. The highest BCUT2D eigenvalue weighted by Gasteiger charge is 2.34. The molecule has 1 aliphatic heterocycles. The molecular weight excluding hydrogens is 294 g/mol. The van der Waals surface area contributed by atoms with Crippen LogP contribution in [0.4, 0.5) is 0 Å². The van der Waals surface area contributed by atoms with Gasteiger partial charge in [0.2, 0.25) is 15.3 Å². The summed E-state index contributed by atoms with van der Waals surface area (Å²) in [6.07, 6.45) is 2.50. The summed E-state index contributed by atoms with van der Waals surface area (Å²) in [5.41, 5.74) is 0. The number of hydrogen-bond donors (Lipinski definition) is 0. The van der Waals surface area contributed by atoms with Crippen LogP contribution >= 0.6 is 23.4 Å². The zero-order valence-corrected chi connectivity index (χ0v) is 12.5. The molecule has 1 aromatic heterocycles. The summed E-state index contributed by atoms with van der Waals surface area (Å²) in [7, 11) is -3.51. The Labute approximate surface area is 116 Å². The van der Waals surface area contributed by atoms with E-state index in [0.717, 1.165) is 5.75 Å². The Morgan fingerprint density at radius 3 is 2.56 bits per heavy atom. The molecule has 0 aliphatic carbocycles. The van der Waals surface area contributed by atoms with Crippen LogP contribution in [0.25, 0.3) is 0 Å². The first kappa shape index (κ1) is 14.0. The third-order valence-corrected chi connectivity index (χ3v) is 5.92. The predicted octanol–water partition coefficient (Wildman–Crippen LogP) is 1.65. The van der Waals surface area contributed by atoms with Crippen molar-refractivity contribution in [1.82, 2.24) is 14.3 Å². The highest BCUT2D eigenvalue weighted by atomic mass is 35.5. The highest BCUT2D eigenvalue weighted by molar-refractivity contribution is 8.00. The predicted molar refractivity (Wildman–Crippen MR) is 72.3 cm³/mol. The minimum atomic E-state index is -3.51. The van der Waals surface area contributed by atoms with E-state index >= 15 is 0 Å². The number of nitrogens with zero attached hydrogens (tertiary/aromatic N) is 3. The number of rotatable bonds is 2. The van der Waals surface area contributed by atoms with Gasteiger partial charge in [0.1, 0.15) is 4.90 Å². The fourth-order valence-electron chi connectivity index (χ4n) is 1.76. The average Bonchev–Trinajstić information content (AvgIpc) is 2.28. The molecule has 2 heterocycles. The number of halogens is 1. The van der Waals surface area contributed by atoms with Crippen molar-refractivity contribution in [3.63, 3.8) is 0 Å². The molecule has 0 bridgehead atoms. The molecule has 0 N–H and O–H groups in total. The van der Waals surface area contributed by atoms with Gasteiger partial charge in [-0.3, -0.25) is 0 Å². The Hall–Kier alpha value is -0.370. The lowest BCUT2D eigenvalue weighted by atomic mass is 10.2. The summed E-state index contributed by atoms with van der Waals surface area (Å²) >= 11 is 7.34. The maximum Gasteiger partial charge on any atom is 0.246 e. The number of thioether (sulfide) groups is 1.